The molecule has 1 fully saturated rings. The van der Waals surface area contributed by atoms with Crippen LogP contribution in [-0.4, -0.2) is 18.1 Å². The molecule has 3 nitrogen and oxygen atoms in total. The predicted molar refractivity (Wildman–Crippen MR) is 22.2 cm³/mol. The van der Waals surface area contributed by atoms with E-state index in [1.54, 1.807) is 0 Å². The fraction of sp³-hybridized carbons (Fsp3) is 0.750. The number of hydrogen-bond acceptors (Lipinski definition) is 2. The Morgan fingerprint density at radius 2 is 2.43 bits per heavy atom. The SMILES string of the molecule is CC1OC(=O)C1[NH3+]. The minimum atomic E-state index is -0.174. The largest absolute Gasteiger partial charge is 0.451 e. The van der Waals surface area contributed by atoms with Crippen molar-refractivity contribution in [2.24, 2.45) is 0 Å². The van der Waals surface area contributed by atoms with Gasteiger partial charge < -0.3 is 10.5 Å². The highest BCUT2D eigenvalue weighted by molar-refractivity contribution is 5.79. The maximum Gasteiger partial charge on any atom is 0.369 e. The van der Waals surface area contributed by atoms with Gasteiger partial charge in [-0.05, 0) is 6.92 Å². The molecule has 1 aliphatic rings. The molecular formula is C4H8NO2+. The van der Waals surface area contributed by atoms with Crippen molar-refractivity contribution in [2.45, 2.75) is 19.1 Å². The van der Waals surface area contributed by atoms with Gasteiger partial charge in [-0.3, -0.25) is 0 Å². The van der Waals surface area contributed by atoms with Gasteiger partial charge in [0.15, 0.2) is 6.10 Å². The molecule has 40 valence electrons. The number of rotatable bonds is 0. The first kappa shape index (κ1) is 4.59. The molecule has 0 aromatic heterocycles. The first-order chi connectivity index (χ1) is 3.22. The highest BCUT2D eigenvalue weighted by atomic mass is 16.6. The van der Waals surface area contributed by atoms with Crippen molar-refractivity contribution in [3.63, 3.8) is 0 Å². The van der Waals surface area contributed by atoms with Crippen LogP contribution in [0.15, 0.2) is 0 Å². The van der Waals surface area contributed by atoms with Gasteiger partial charge in [-0.1, -0.05) is 0 Å². The molecule has 1 heterocycles. The van der Waals surface area contributed by atoms with Gasteiger partial charge in [-0.25, -0.2) is 4.79 Å². The highest BCUT2D eigenvalue weighted by Crippen LogP contribution is 2.07. The van der Waals surface area contributed by atoms with E-state index in [1.807, 2.05) is 6.92 Å². The lowest BCUT2D eigenvalue weighted by Gasteiger charge is -2.25. The second-order valence-electron chi connectivity index (χ2n) is 1.75. The van der Waals surface area contributed by atoms with Crippen LogP contribution < -0.4 is 5.73 Å². The summed E-state index contributed by atoms with van der Waals surface area (Å²) in [6.07, 6.45) is 0.0486. The van der Waals surface area contributed by atoms with Gasteiger partial charge in [0, 0.05) is 0 Å². The van der Waals surface area contributed by atoms with Gasteiger partial charge in [-0.2, -0.15) is 0 Å². The molecule has 2 unspecified atom stereocenters. The zero-order chi connectivity index (χ0) is 5.44. The van der Waals surface area contributed by atoms with Crippen molar-refractivity contribution in [1.82, 2.24) is 0 Å². The molecule has 0 bridgehead atoms. The van der Waals surface area contributed by atoms with E-state index in [0.717, 1.165) is 0 Å². The molecule has 0 aromatic rings. The maximum atomic E-state index is 10.2. The van der Waals surface area contributed by atoms with Crippen molar-refractivity contribution in [3.05, 3.63) is 0 Å². The monoisotopic (exact) mass is 102 g/mol. The summed E-state index contributed by atoms with van der Waals surface area (Å²) in [5, 5.41) is 0. The van der Waals surface area contributed by atoms with Gasteiger partial charge in [0.2, 0.25) is 6.04 Å². The summed E-state index contributed by atoms with van der Waals surface area (Å²) in [5.74, 6) is -0.174. The van der Waals surface area contributed by atoms with E-state index in [0.29, 0.717) is 0 Å². The number of carbonyl (C=O) groups excluding carboxylic acids is 1. The Kier molecular flexibility index (Phi) is 0.785. The molecule has 3 N–H and O–H groups in total. The van der Waals surface area contributed by atoms with Gasteiger partial charge in [0.25, 0.3) is 0 Å². The molecule has 1 rings (SSSR count). The Morgan fingerprint density at radius 3 is 2.43 bits per heavy atom. The lowest BCUT2D eigenvalue weighted by atomic mass is 10.1. The third-order valence-electron chi connectivity index (χ3n) is 1.17. The summed E-state index contributed by atoms with van der Waals surface area (Å²) < 4.78 is 4.55. The first-order valence-electron chi connectivity index (χ1n) is 2.25. The number of hydrogen-bond donors (Lipinski definition) is 1. The third-order valence-corrected chi connectivity index (χ3v) is 1.17. The van der Waals surface area contributed by atoms with Crippen LogP contribution in [0.4, 0.5) is 0 Å². The molecule has 0 radical (unpaired) electrons. The van der Waals surface area contributed by atoms with Gasteiger partial charge in [0.05, 0.1) is 0 Å². The van der Waals surface area contributed by atoms with E-state index < -0.39 is 0 Å². The Labute approximate surface area is 41.4 Å². The molecule has 3 heteroatoms. The molecule has 0 amide bonds. The first-order valence-corrected chi connectivity index (χ1v) is 2.25. The Bertz CT molecular complexity index is 102. The van der Waals surface area contributed by atoms with E-state index >= 15 is 0 Å². The summed E-state index contributed by atoms with van der Waals surface area (Å²) in [5.41, 5.74) is 3.53. The smallest absolute Gasteiger partial charge is 0.369 e. The van der Waals surface area contributed by atoms with Crippen molar-refractivity contribution >= 4 is 5.97 Å². The van der Waals surface area contributed by atoms with Crippen LogP contribution in [0.3, 0.4) is 0 Å². The standard InChI is InChI=1S/C4H7NO2/c1-2-3(5)4(6)7-2/h2-3H,5H2,1H3/p+1. The molecule has 0 spiro atoms. The van der Waals surface area contributed by atoms with Gasteiger partial charge in [-0.15, -0.1) is 0 Å². The van der Waals surface area contributed by atoms with Crippen LogP contribution in [0.1, 0.15) is 6.92 Å². The molecule has 0 aromatic carbocycles. The highest BCUT2D eigenvalue weighted by Gasteiger charge is 2.39. The zero-order valence-corrected chi connectivity index (χ0v) is 4.18. The molecule has 1 aliphatic heterocycles. The number of ether oxygens (including phenoxy) is 1. The van der Waals surface area contributed by atoms with E-state index in [9.17, 15) is 4.79 Å². The average Bonchev–Trinajstić information content (AvgIpc) is 1.68. The number of quaternary nitrogens is 1. The second kappa shape index (κ2) is 1.20. The van der Waals surface area contributed by atoms with Crippen LogP contribution in [0.5, 0.6) is 0 Å². The summed E-state index contributed by atoms with van der Waals surface area (Å²) in [6.45, 7) is 1.83. The zero-order valence-electron chi connectivity index (χ0n) is 4.18. The molecule has 0 saturated carbocycles. The van der Waals surface area contributed by atoms with Crippen molar-refractivity contribution in [2.75, 3.05) is 0 Å². The Morgan fingerprint density at radius 1 is 1.86 bits per heavy atom. The van der Waals surface area contributed by atoms with E-state index in [-0.39, 0.29) is 18.1 Å². The van der Waals surface area contributed by atoms with Crippen molar-refractivity contribution in [3.8, 4) is 0 Å². The van der Waals surface area contributed by atoms with Crippen LogP contribution in [0.2, 0.25) is 0 Å². The summed E-state index contributed by atoms with van der Waals surface area (Å²) in [6, 6.07) is -0.111. The lowest BCUT2D eigenvalue weighted by Crippen LogP contribution is -2.76. The summed E-state index contributed by atoms with van der Waals surface area (Å²) >= 11 is 0. The number of cyclic esters (lactones) is 1. The fourth-order valence-electron chi connectivity index (χ4n) is 0.472. The lowest BCUT2D eigenvalue weighted by molar-refractivity contribution is -0.447. The van der Waals surface area contributed by atoms with Gasteiger partial charge in [0.1, 0.15) is 0 Å². The Hall–Kier alpha value is -0.570. The van der Waals surface area contributed by atoms with Crippen LogP contribution in [0, 0.1) is 0 Å². The van der Waals surface area contributed by atoms with E-state index in [4.69, 9.17) is 0 Å². The maximum absolute atomic E-state index is 10.2. The topological polar surface area (TPSA) is 53.9 Å². The van der Waals surface area contributed by atoms with Crippen LogP contribution >= 0.6 is 0 Å². The van der Waals surface area contributed by atoms with Crippen LogP contribution in [0.25, 0.3) is 0 Å². The molecule has 7 heavy (non-hydrogen) atoms. The minimum Gasteiger partial charge on any atom is -0.451 e. The normalized spacial score (nSPS) is 39.4. The van der Waals surface area contributed by atoms with E-state index in [2.05, 4.69) is 10.5 Å². The van der Waals surface area contributed by atoms with E-state index in [1.165, 1.54) is 0 Å². The molecule has 0 aliphatic carbocycles. The van der Waals surface area contributed by atoms with Gasteiger partial charge >= 0.3 is 5.97 Å². The molecule has 1 saturated heterocycles. The third kappa shape index (κ3) is 0.489. The predicted octanol–water partition coefficient (Wildman–Crippen LogP) is -1.46. The van der Waals surface area contributed by atoms with Crippen LogP contribution in [-0.2, 0) is 9.53 Å². The number of carbonyl (C=O) groups is 1. The fourth-order valence-corrected chi connectivity index (χ4v) is 0.472. The summed E-state index contributed by atoms with van der Waals surface area (Å²) in [7, 11) is 0. The van der Waals surface area contributed by atoms with Crippen molar-refractivity contribution in [1.29, 1.82) is 0 Å². The van der Waals surface area contributed by atoms with Crippen molar-refractivity contribution < 1.29 is 15.3 Å². The number of esters is 1. The summed E-state index contributed by atoms with van der Waals surface area (Å²) in [4.78, 5) is 10.2. The Balaban J connectivity index is 2.43. The minimum absolute atomic E-state index is 0.0486. The quantitative estimate of drug-likeness (QED) is 0.380. The average molecular weight is 102 g/mol. The second-order valence-corrected chi connectivity index (χ2v) is 1.75. The molecular weight excluding hydrogens is 94.0 g/mol. The molecule has 2 atom stereocenters.